The fourth-order valence-electron chi connectivity index (χ4n) is 9.21. The van der Waals surface area contributed by atoms with Gasteiger partial charge in [0.1, 0.15) is 6.07 Å². The number of sulfonamides is 1. The smallest absolute Gasteiger partial charge is 0.209 e. The summed E-state index contributed by atoms with van der Waals surface area (Å²) in [7, 11) is -3.44. The zero-order chi connectivity index (χ0) is 26.5. The lowest BCUT2D eigenvalue weighted by Crippen LogP contribution is -2.68. The van der Waals surface area contributed by atoms with Gasteiger partial charge >= 0.3 is 0 Å². The minimum absolute atomic E-state index is 0.0397. The molecule has 8 atom stereocenters. The SMILES string of the molecule is C[C@@H]1C(=O)C(C#N)=CC2C3=CC(=O)C4C5CC(C)(C)CC[C@]5(NS(C)(=O)=O)CC[C@@]4(C)[C@]3(C)CC[C@H]21. The first-order chi connectivity index (χ1) is 16.6. The minimum atomic E-state index is -3.44. The lowest BCUT2D eigenvalue weighted by atomic mass is 9.37. The molecular weight excluding hydrogens is 472 g/mol. The number of Topliss-reactive ketones (excluding diaryl/α,β-unsaturated/α-hetero) is 1. The predicted molar refractivity (Wildman–Crippen MR) is 138 cm³/mol. The quantitative estimate of drug-likeness (QED) is 0.576. The maximum atomic E-state index is 14.2. The van der Waals surface area contributed by atoms with Crippen LogP contribution in [0.4, 0.5) is 0 Å². The third-order valence-electron chi connectivity index (χ3n) is 11.4. The lowest BCUT2D eigenvalue weighted by Gasteiger charge is -2.67. The van der Waals surface area contributed by atoms with Gasteiger partial charge in [-0.15, -0.1) is 0 Å². The Morgan fingerprint density at radius 3 is 2.36 bits per heavy atom. The molecule has 0 radical (unpaired) electrons. The molecule has 0 saturated heterocycles. The predicted octanol–water partition coefficient (Wildman–Crippen LogP) is 4.73. The summed E-state index contributed by atoms with van der Waals surface area (Å²) in [4.78, 5) is 26.9. The molecule has 0 spiro atoms. The van der Waals surface area contributed by atoms with E-state index in [4.69, 9.17) is 0 Å². The number of allylic oxidation sites excluding steroid dienone is 4. The number of ketones is 2. The van der Waals surface area contributed by atoms with Crippen LogP contribution < -0.4 is 4.72 Å². The molecule has 6 nitrogen and oxygen atoms in total. The highest BCUT2D eigenvalue weighted by molar-refractivity contribution is 7.88. The van der Waals surface area contributed by atoms with E-state index in [9.17, 15) is 23.3 Å². The zero-order valence-electron chi connectivity index (χ0n) is 22.5. The van der Waals surface area contributed by atoms with Gasteiger partial charge in [0.05, 0.1) is 11.8 Å². The molecule has 5 aliphatic carbocycles. The molecule has 0 aromatic carbocycles. The first-order valence-corrected chi connectivity index (χ1v) is 15.4. The number of carbonyl (C=O) groups excluding carboxylic acids is 2. The topological polar surface area (TPSA) is 104 Å². The van der Waals surface area contributed by atoms with Gasteiger partial charge in [0.25, 0.3) is 0 Å². The molecule has 196 valence electrons. The summed E-state index contributed by atoms with van der Waals surface area (Å²) >= 11 is 0. The van der Waals surface area contributed by atoms with Gasteiger partial charge in [0.15, 0.2) is 11.6 Å². The molecule has 0 aromatic heterocycles. The Labute approximate surface area is 216 Å². The first-order valence-electron chi connectivity index (χ1n) is 13.5. The van der Waals surface area contributed by atoms with Crippen LogP contribution in [-0.4, -0.2) is 31.8 Å². The van der Waals surface area contributed by atoms with Crippen molar-refractivity contribution < 1.29 is 18.0 Å². The summed E-state index contributed by atoms with van der Waals surface area (Å²) in [6.45, 7) is 11.0. The van der Waals surface area contributed by atoms with Crippen LogP contribution in [-0.2, 0) is 19.6 Å². The van der Waals surface area contributed by atoms with Crippen LogP contribution in [0.3, 0.4) is 0 Å². The Morgan fingerprint density at radius 2 is 1.72 bits per heavy atom. The standard InChI is InChI=1S/C29H40N2O4S/c1-17-19-7-8-27(4)21(20(19)13-18(16-30)25(17)33)14-23(32)24-22-15-26(2,3)9-11-29(22,31-36(6,34)35)12-10-28(24,27)5/h13-14,17,19-20,22,24,31H,7-12,15H2,1-6H3/t17-,19-,20?,22?,24?,27+,28+,29-/m0/s1. The summed E-state index contributed by atoms with van der Waals surface area (Å²) in [5.74, 6) is -0.476. The van der Waals surface area contributed by atoms with Crippen molar-refractivity contribution in [2.45, 2.75) is 85.1 Å². The molecule has 36 heavy (non-hydrogen) atoms. The third-order valence-corrected chi connectivity index (χ3v) is 12.2. The molecule has 7 heteroatoms. The van der Waals surface area contributed by atoms with E-state index in [2.05, 4.69) is 38.5 Å². The Balaban J connectivity index is 1.65. The number of rotatable bonds is 2. The molecule has 0 amide bonds. The Kier molecular flexibility index (Phi) is 5.65. The van der Waals surface area contributed by atoms with Gasteiger partial charge < -0.3 is 0 Å². The number of nitrogens with one attached hydrogen (secondary N) is 1. The maximum Gasteiger partial charge on any atom is 0.209 e. The Bertz CT molecular complexity index is 1240. The highest BCUT2D eigenvalue weighted by Gasteiger charge is 2.67. The van der Waals surface area contributed by atoms with Crippen LogP contribution in [0, 0.1) is 57.2 Å². The van der Waals surface area contributed by atoms with Crippen molar-refractivity contribution in [1.29, 1.82) is 5.26 Å². The molecule has 0 aliphatic heterocycles. The second-order valence-corrected chi connectivity index (χ2v) is 15.6. The van der Waals surface area contributed by atoms with Crippen molar-refractivity contribution in [3.05, 3.63) is 23.3 Å². The molecule has 5 rings (SSSR count). The van der Waals surface area contributed by atoms with Gasteiger partial charge in [0, 0.05) is 23.3 Å². The molecule has 5 aliphatic rings. The fourth-order valence-corrected chi connectivity index (χ4v) is 10.3. The van der Waals surface area contributed by atoms with Crippen molar-refractivity contribution >= 4 is 21.6 Å². The summed E-state index contributed by atoms with van der Waals surface area (Å²) in [5.41, 5.74) is 0.212. The van der Waals surface area contributed by atoms with Gasteiger partial charge in [0.2, 0.25) is 10.0 Å². The van der Waals surface area contributed by atoms with Gasteiger partial charge in [-0.05, 0) is 79.1 Å². The molecule has 3 saturated carbocycles. The van der Waals surface area contributed by atoms with Crippen LogP contribution in [0.25, 0.3) is 0 Å². The van der Waals surface area contributed by atoms with Crippen LogP contribution in [0.15, 0.2) is 23.3 Å². The average molecular weight is 513 g/mol. The van der Waals surface area contributed by atoms with Gasteiger partial charge in [-0.1, -0.05) is 46.3 Å². The van der Waals surface area contributed by atoms with E-state index in [1.165, 1.54) is 6.26 Å². The molecule has 0 heterocycles. The molecule has 0 aromatic rings. The van der Waals surface area contributed by atoms with Crippen molar-refractivity contribution in [3.8, 4) is 6.07 Å². The zero-order valence-corrected chi connectivity index (χ0v) is 23.3. The van der Waals surface area contributed by atoms with Crippen molar-refractivity contribution in [2.24, 2.45) is 45.8 Å². The van der Waals surface area contributed by atoms with Gasteiger partial charge in [-0.3, -0.25) is 9.59 Å². The molecule has 1 N–H and O–H groups in total. The monoisotopic (exact) mass is 512 g/mol. The summed E-state index contributed by atoms with van der Waals surface area (Å²) < 4.78 is 28.1. The van der Waals surface area contributed by atoms with Gasteiger partial charge in [-0.25, -0.2) is 13.1 Å². The number of fused-ring (bicyclic) bond motifs is 7. The minimum Gasteiger partial charge on any atom is -0.295 e. The van der Waals surface area contributed by atoms with E-state index in [1.807, 2.05) is 19.1 Å². The fraction of sp³-hybridized carbons (Fsp3) is 0.759. The van der Waals surface area contributed by atoms with E-state index < -0.39 is 15.6 Å². The van der Waals surface area contributed by atoms with Gasteiger partial charge in [-0.2, -0.15) is 5.26 Å². The second kappa shape index (κ2) is 7.86. The highest BCUT2D eigenvalue weighted by atomic mass is 32.2. The van der Waals surface area contributed by atoms with Crippen LogP contribution >= 0.6 is 0 Å². The summed E-state index contributed by atoms with van der Waals surface area (Å²) in [6, 6.07) is 2.11. The lowest BCUT2D eigenvalue weighted by molar-refractivity contribution is -0.155. The summed E-state index contributed by atoms with van der Waals surface area (Å²) in [5, 5.41) is 9.64. The number of nitrogens with zero attached hydrogens (tertiary/aromatic N) is 1. The van der Waals surface area contributed by atoms with E-state index in [-0.39, 0.29) is 63.0 Å². The second-order valence-electron chi connectivity index (χ2n) is 13.8. The van der Waals surface area contributed by atoms with E-state index in [0.29, 0.717) is 0 Å². The molecule has 3 fully saturated rings. The average Bonchev–Trinajstić information content (AvgIpc) is 2.77. The Morgan fingerprint density at radius 1 is 1.06 bits per heavy atom. The maximum absolute atomic E-state index is 14.2. The normalized spacial score (nSPS) is 45.8. The first kappa shape index (κ1) is 25.9. The molecule has 3 unspecified atom stereocenters. The largest absolute Gasteiger partial charge is 0.295 e. The number of carbonyl (C=O) groups is 2. The Hall–Kier alpha value is -1.78. The van der Waals surface area contributed by atoms with Crippen LogP contribution in [0.5, 0.6) is 0 Å². The van der Waals surface area contributed by atoms with E-state index in [1.54, 1.807) is 0 Å². The van der Waals surface area contributed by atoms with E-state index in [0.717, 1.165) is 50.5 Å². The number of hydrogen-bond acceptors (Lipinski definition) is 5. The van der Waals surface area contributed by atoms with Crippen LogP contribution in [0.1, 0.15) is 79.6 Å². The third kappa shape index (κ3) is 3.54. The van der Waals surface area contributed by atoms with Crippen molar-refractivity contribution in [2.75, 3.05) is 6.26 Å². The summed E-state index contributed by atoms with van der Waals surface area (Å²) in [6.07, 6.45) is 10.7. The highest BCUT2D eigenvalue weighted by Crippen LogP contribution is 2.70. The molecule has 0 bridgehead atoms. The number of hydrogen-bond donors (Lipinski definition) is 1. The number of nitriles is 1. The van der Waals surface area contributed by atoms with Crippen molar-refractivity contribution in [1.82, 2.24) is 4.72 Å². The van der Waals surface area contributed by atoms with Crippen molar-refractivity contribution in [3.63, 3.8) is 0 Å². The molecular formula is C29H40N2O4S. The van der Waals surface area contributed by atoms with Crippen LogP contribution in [0.2, 0.25) is 0 Å². The van der Waals surface area contributed by atoms with E-state index >= 15 is 0 Å².